The lowest BCUT2D eigenvalue weighted by atomic mass is 10.0. The summed E-state index contributed by atoms with van der Waals surface area (Å²) in [5.41, 5.74) is 1.92. The molecule has 0 aromatic heterocycles. The summed E-state index contributed by atoms with van der Waals surface area (Å²) in [6, 6.07) is 3.81. The van der Waals surface area contributed by atoms with Crippen molar-refractivity contribution < 1.29 is 4.79 Å². The van der Waals surface area contributed by atoms with E-state index in [2.05, 4.69) is 15.9 Å². The Morgan fingerprint density at radius 1 is 1.50 bits per heavy atom. The van der Waals surface area contributed by atoms with E-state index >= 15 is 0 Å². The van der Waals surface area contributed by atoms with Gasteiger partial charge in [-0.15, -0.1) is 11.6 Å². The first kappa shape index (κ1) is 12.2. The SMILES string of the molecule is O=C(CCl)N1CCCc2cc(Br)cc(Cl)c21. The molecule has 2 rings (SSSR count). The zero-order valence-electron chi connectivity index (χ0n) is 8.47. The van der Waals surface area contributed by atoms with Crippen LogP contribution in [0.1, 0.15) is 12.0 Å². The second-order valence-electron chi connectivity index (χ2n) is 3.68. The fourth-order valence-corrected chi connectivity index (χ4v) is 3.10. The molecule has 0 aliphatic carbocycles. The first-order valence-corrected chi connectivity index (χ1v) is 6.68. The van der Waals surface area contributed by atoms with Crippen LogP contribution < -0.4 is 4.90 Å². The van der Waals surface area contributed by atoms with Gasteiger partial charge in [0.15, 0.2) is 0 Å². The Balaban J connectivity index is 2.49. The number of aryl methyl sites for hydroxylation is 1. The van der Waals surface area contributed by atoms with E-state index in [1.807, 2.05) is 6.07 Å². The normalized spacial score (nSPS) is 14.8. The third kappa shape index (κ3) is 2.22. The summed E-state index contributed by atoms with van der Waals surface area (Å²) in [5.74, 6) is -0.0990. The van der Waals surface area contributed by atoms with Gasteiger partial charge in [0.2, 0.25) is 5.91 Å². The fourth-order valence-electron chi connectivity index (χ4n) is 1.97. The second-order valence-corrected chi connectivity index (χ2v) is 5.27. The smallest absolute Gasteiger partial charge is 0.241 e. The molecular formula is C11H10BrCl2NO. The maximum Gasteiger partial charge on any atom is 0.241 e. The van der Waals surface area contributed by atoms with Crippen molar-refractivity contribution in [1.82, 2.24) is 0 Å². The summed E-state index contributed by atoms with van der Waals surface area (Å²) in [5, 5.41) is 0.600. The predicted molar refractivity (Wildman–Crippen MR) is 70.5 cm³/mol. The summed E-state index contributed by atoms with van der Waals surface area (Å²) in [4.78, 5) is 13.4. The molecule has 1 aliphatic heterocycles. The van der Waals surface area contributed by atoms with E-state index in [9.17, 15) is 4.79 Å². The van der Waals surface area contributed by atoms with Gasteiger partial charge in [0.1, 0.15) is 5.88 Å². The van der Waals surface area contributed by atoms with Gasteiger partial charge in [-0.25, -0.2) is 0 Å². The Bertz CT molecular complexity index is 436. The summed E-state index contributed by atoms with van der Waals surface area (Å²) < 4.78 is 0.941. The van der Waals surface area contributed by atoms with E-state index in [1.54, 1.807) is 11.0 Å². The van der Waals surface area contributed by atoms with Gasteiger partial charge < -0.3 is 4.90 Å². The average molecular weight is 323 g/mol. The summed E-state index contributed by atoms with van der Waals surface area (Å²) >= 11 is 15.2. The number of rotatable bonds is 1. The Kier molecular flexibility index (Phi) is 3.77. The van der Waals surface area contributed by atoms with Crippen molar-refractivity contribution in [2.75, 3.05) is 17.3 Å². The van der Waals surface area contributed by atoms with E-state index in [0.717, 1.165) is 28.6 Å². The molecule has 0 radical (unpaired) electrons. The van der Waals surface area contributed by atoms with Crippen LogP contribution in [0.3, 0.4) is 0 Å². The van der Waals surface area contributed by atoms with E-state index in [4.69, 9.17) is 23.2 Å². The van der Waals surface area contributed by atoms with Crippen LogP contribution in [0.4, 0.5) is 5.69 Å². The largest absolute Gasteiger partial charge is 0.310 e. The maximum atomic E-state index is 11.7. The van der Waals surface area contributed by atoms with E-state index in [0.29, 0.717) is 11.6 Å². The van der Waals surface area contributed by atoms with Crippen molar-refractivity contribution in [3.8, 4) is 0 Å². The third-order valence-corrected chi connectivity index (χ3v) is 3.59. The molecule has 5 heteroatoms. The van der Waals surface area contributed by atoms with E-state index < -0.39 is 0 Å². The average Bonchev–Trinajstić information content (AvgIpc) is 2.26. The lowest BCUT2D eigenvalue weighted by molar-refractivity contribution is -0.116. The highest BCUT2D eigenvalue weighted by molar-refractivity contribution is 9.10. The second kappa shape index (κ2) is 4.94. The molecule has 0 bridgehead atoms. The van der Waals surface area contributed by atoms with Gasteiger partial charge in [-0.1, -0.05) is 27.5 Å². The topological polar surface area (TPSA) is 20.3 Å². The van der Waals surface area contributed by atoms with Crippen molar-refractivity contribution >= 4 is 50.7 Å². The van der Waals surface area contributed by atoms with Gasteiger partial charge in [0, 0.05) is 11.0 Å². The first-order valence-electron chi connectivity index (χ1n) is 4.97. The number of anilines is 1. The molecule has 0 N–H and O–H groups in total. The van der Waals surface area contributed by atoms with Crippen molar-refractivity contribution in [2.45, 2.75) is 12.8 Å². The number of amides is 1. The molecule has 2 nitrogen and oxygen atoms in total. The Morgan fingerprint density at radius 2 is 2.25 bits per heavy atom. The van der Waals surface area contributed by atoms with E-state index in [-0.39, 0.29) is 11.8 Å². The standard InChI is InChI=1S/C11H10BrCl2NO/c12-8-4-7-2-1-3-15(10(16)6-13)11(7)9(14)5-8/h4-5H,1-3,6H2. The van der Waals surface area contributed by atoms with E-state index in [1.165, 1.54) is 0 Å². The number of benzene rings is 1. The molecule has 0 fully saturated rings. The molecular weight excluding hydrogens is 313 g/mol. The van der Waals surface area contributed by atoms with Gasteiger partial charge in [-0.05, 0) is 30.5 Å². The molecule has 0 unspecified atom stereocenters. The molecule has 16 heavy (non-hydrogen) atoms. The fraction of sp³-hybridized carbons (Fsp3) is 0.364. The number of fused-ring (bicyclic) bond motifs is 1. The number of hydrogen-bond acceptors (Lipinski definition) is 1. The highest BCUT2D eigenvalue weighted by Crippen LogP contribution is 2.37. The van der Waals surface area contributed by atoms with Crippen LogP contribution in [0.2, 0.25) is 5.02 Å². The van der Waals surface area contributed by atoms with Gasteiger partial charge in [-0.2, -0.15) is 0 Å². The van der Waals surface area contributed by atoms with Crippen LogP contribution >= 0.6 is 39.1 Å². The van der Waals surface area contributed by atoms with Crippen LogP contribution in [0.15, 0.2) is 16.6 Å². The number of carbonyl (C=O) groups is 1. The summed E-state index contributed by atoms with van der Waals surface area (Å²) in [6.07, 6.45) is 1.89. The zero-order chi connectivity index (χ0) is 11.7. The molecule has 1 aliphatic rings. The quantitative estimate of drug-likeness (QED) is 0.723. The number of nitrogens with zero attached hydrogens (tertiary/aromatic N) is 1. The van der Waals surface area contributed by atoms with Gasteiger partial charge >= 0.3 is 0 Å². The minimum absolute atomic E-state index is 0.00810. The van der Waals surface area contributed by atoms with Crippen LogP contribution in [0.5, 0.6) is 0 Å². The number of alkyl halides is 1. The highest BCUT2D eigenvalue weighted by Gasteiger charge is 2.24. The monoisotopic (exact) mass is 321 g/mol. The van der Waals surface area contributed by atoms with Crippen LogP contribution in [-0.4, -0.2) is 18.3 Å². The van der Waals surface area contributed by atoms with Gasteiger partial charge in [-0.3, -0.25) is 4.79 Å². The van der Waals surface area contributed by atoms with Gasteiger partial charge in [0.25, 0.3) is 0 Å². The molecule has 1 aromatic rings. The van der Waals surface area contributed by atoms with Crippen LogP contribution in [-0.2, 0) is 11.2 Å². The highest BCUT2D eigenvalue weighted by atomic mass is 79.9. The first-order chi connectivity index (χ1) is 7.63. The maximum absolute atomic E-state index is 11.7. The lowest BCUT2D eigenvalue weighted by Gasteiger charge is -2.30. The molecule has 1 heterocycles. The minimum atomic E-state index is -0.0909. The number of hydrogen-bond donors (Lipinski definition) is 0. The van der Waals surface area contributed by atoms with Crippen molar-refractivity contribution in [2.24, 2.45) is 0 Å². The van der Waals surface area contributed by atoms with Crippen molar-refractivity contribution in [3.63, 3.8) is 0 Å². The summed E-state index contributed by atoms with van der Waals surface area (Å²) in [7, 11) is 0. The summed E-state index contributed by atoms with van der Waals surface area (Å²) in [6.45, 7) is 0.694. The Morgan fingerprint density at radius 3 is 2.94 bits per heavy atom. The molecule has 1 aromatic carbocycles. The molecule has 86 valence electrons. The van der Waals surface area contributed by atoms with Crippen LogP contribution in [0, 0.1) is 0 Å². The number of carbonyl (C=O) groups excluding carboxylic acids is 1. The minimum Gasteiger partial charge on any atom is -0.310 e. The zero-order valence-corrected chi connectivity index (χ0v) is 11.6. The van der Waals surface area contributed by atoms with Crippen molar-refractivity contribution in [1.29, 1.82) is 0 Å². The van der Waals surface area contributed by atoms with Gasteiger partial charge in [0.05, 0.1) is 10.7 Å². The number of halogens is 3. The lowest BCUT2D eigenvalue weighted by Crippen LogP contribution is -2.36. The third-order valence-electron chi connectivity index (χ3n) is 2.62. The molecule has 0 saturated heterocycles. The molecule has 0 saturated carbocycles. The molecule has 0 spiro atoms. The van der Waals surface area contributed by atoms with Crippen LogP contribution in [0.25, 0.3) is 0 Å². The molecule has 0 atom stereocenters. The molecule has 1 amide bonds. The van der Waals surface area contributed by atoms with Crippen molar-refractivity contribution in [3.05, 3.63) is 27.2 Å². The predicted octanol–water partition coefficient (Wildman–Crippen LogP) is 3.62. The Labute approximate surface area is 113 Å². The Hall–Kier alpha value is -0.250.